The van der Waals surface area contributed by atoms with E-state index in [1.807, 2.05) is 55.6 Å². The van der Waals surface area contributed by atoms with Crippen molar-refractivity contribution in [2.75, 3.05) is 16.8 Å². The monoisotopic (exact) mass is 474 g/mol. The number of amides is 1. The average molecular weight is 475 g/mol. The Labute approximate surface area is 201 Å². The third-order valence-electron chi connectivity index (χ3n) is 5.92. The van der Waals surface area contributed by atoms with Gasteiger partial charge in [0.25, 0.3) is 0 Å². The lowest BCUT2D eigenvalue weighted by atomic mass is 9.95. The first-order chi connectivity index (χ1) is 16.5. The number of fused-ring (bicyclic) bond motifs is 1. The predicted molar refractivity (Wildman–Crippen MR) is 131 cm³/mol. The molecule has 0 saturated heterocycles. The van der Waals surface area contributed by atoms with Crippen molar-refractivity contribution in [3.8, 4) is 11.3 Å². The van der Waals surface area contributed by atoms with Gasteiger partial charge in [-0.05, 0) is 36.2 Å². The van der Waals surface area contributed by atoms with Crippen molar-refractivity contribution in [2.24, 2.45) is 7.05 Å². The molecule has 0 saturated carbocycles. The summed E-state index contributed by atoms with van der Waals surface area (Å²) in [6, 6.07) is 16.7. The van der Waals surface area contributed by atoms with Crippen LogP contribution in [0, 0.1) is 0 Å². The van der Waals surface area contributed by atoms with Gasteiger partial charge >= 0.3 is 0 Å². The molecule has 4 aromatic rings. The van der Waals surface area contributed by atoms with Crippen LogP contribution in [0.25, 0.3) is 11.3 Å². The third-order valence-corrected chi connectivity index (χ3v) is 6.28. The van der Waals surface area contributed by atoms with Gasteiger partial charge in [0.15, 0.2) is 0 Å². The third kappa shape index (κ3) is 4.37. The number of benzene rings is 2. The summed E-state index contributed by atoms with van der Waals surface area (Å²) in [5, 5.41) is 18.6. The maximum atomic E-state index is 13.1. The fourth-order valence-electron chi connectivity index (χ4n) is 4.10. The molecule has 2 aromatic carbocycles. The van der Waals surface area contributed by atoms with Gasteiger partial charge in [-0.25, -0.2) is 9.97 Å². The second-order valence-corrected chi connectivity index (χ2v) is 8.53. The highest BCUT2D eigenvalue weighted by Gasteiger charge is 2.28. The smallest absolute Gasteiger partial charge is 0.231 e. The summed E-state index contributed by atoms with van der Waals surface area (Å²) < 4.78 is 1.69. The molecule has 172 valence electrons. The number of nitrogens with zero attached hydrogens (tertiary/aromatic N) is 5. The summed E-state index contributed by atoms with van der Waals surface area (Å²) in [4.78, 5) is 23.7. The first-order valence-electron chi connectivity index (χ1n) is 10.9. The Morgan fingerprint density at radius 3 is 2.82 bits per heavy atom. The number of aromatic nitrogens is 4. The Balaban J connectivity index is 1.42. The molecule has 8 nitrogen and oxygen atoms in total. The number of halogens is 1. The molecule has 2 N–H and O–H groups in total. The summed E-state index contributed by atoms with van der Waals surface area (Å²) in [5.41, 5.74) is 3.73. The van der Waals surface area contributed by atoms with Crippen LogP contribution in [0.5, 0.6) is 0 Å². The lowest BCUT2D eigenvalue weighted by molar-refractivity contribution is -0.118. The van der Waals surface area contributed by atoms with Crippen LogP contribution in [0.1, 0.15) is 23.7 Å². The number of anilines is 3. The van der Waals surface area contributed by atoms with Gasteiger partial charge in [0, 0.05) is 47.7 Å². The molecule has 2 aromatic heterocycles. The van der Waals surface area contributed by atoms with E-state index in [9.17, 15) is 9.90 Å². The van der Waals surface area contributed by atoms with Crippen LogP contribution in [0.15, 0.2) is 67.0 Å². The Morgan fingerprint density at radius 1 is 1.18 bits per heavy atom. The molecule has 1 atom stereocenters. The highest BCUT2D eigenvalue weighted by Crippen LogP contribution is 2.37. The predicted octanol–water partition coefficient (Wildman–Crippen LogP) is 4.29. The molecule has 0 spiro atoms. The zero-order valence-corrected chi connectivity index (χ0v) is 19.3. The molecule has 1 aliphatic rings. The van der Waals surface area contributed by atoms with Gasteiger partial charge in [-0.1, -0.05) is 35.9 Å². The summed E-state index contributed by atoms with van der Waals surface area (Å²) in [7, 11) is 1.83. The quantitative estimate of drug-likeness (QED) is 0.448. The van der Waals surface area contributed by atoms with E-state index in [2.05, 4.69) is 20.4 Å². The van der Waals surface area contributed by atoms with E-state index >= 15 is 0 Å². The molecule has 1 aliphatic heterocycles. The molecule has 3 heterocycles. The fraction of sp³-hybridized carbons (Fsp3) is 0.200. The molecule has 9 heteroatoms. The lowest BCUT2D eigenvalue weighted by Gasteiger charge is -2.32. The zero-order chi connectivity index (χ0) is 23.7. The van der Waals surface area contributed by atoms with Gasteiger partial charge in [0.2, 0.25) is 11.9 Å². The molecule has 5 rings (SSSR count). The number of aliphatic hydroxyl groups is 1. The maximum Gasteiger partial charge on any atom is 0.231 e. The first kappa shape index (κ1) is 22.1. The van der Waals surface area contributed by atoms with Crippen LogP contribution in [-0.4, -0.2) is 37.3 Å². The van der Waals surface area contributed by atoms with Gasteiger partial charge in [0.1, 0.15) is 5.82 Å². The average Bonchev–Trinajstić information content (AvgIpc) is 3.25. The minimum atomic E-state index is -0.659. The number of nitrogens with one attached hydrogen (secondary N) is 1. The minimum Gasteiger partial charge on any atom is -0.388 e. The summed E-state index contributed by atoms with van der Waals surface area (Å²) in [6.07, 6.45) is 3.37. The SMILES string of the molecule is Cn1nccc1Nc1nccc(-c2ccc3c(c2)C(O)CCN3C(=O)Cc2ccccc2Cl)n1. The number of hydrogen-bond donors (Lipinski definition) is 2. The molecule has 0 fully saturated rings. The Morgan fingerprint density at radius 2 is 2.03 bits per heavy atom. The van der Waals surface area contributed by atoms with Crippen LogP contribution in [0.4, 0.5) is 17.5 Å². The molecule has 0 aliphatic carbocycles. The van der Waals surface area contributed by atoms with Crippen molar-refractivity contribution in [3.63, 3.8) is 0 Å². The van der Waals surface area contributed by atoms with E-state index in [4.69, 9.17) is 11.6 Å². The number of carbonyl (C=O) groups excluding carboxylic acids is 1. The number of aliphatic hydroxyl groups excluding tert-OH is 1. The Hall–Kier alpha value is -3.75. The molecule has 34 heavy (non-hydrogen) atoms. The van der Waals surface area contributed by atoms with E-state index < -0.39 is 6.10 Å². The van der Waals surface area contributed by atoms with Crippen molar-refractivity contribution < 1.29 is 9.90 Å². The van der Waals surface area contributed by atoms with Gasteiger partial charge in [-0.3, -0.25) is 9.48 Å². The van der Waals surface area contributed by atoms with E-state index in [1.165, 1.54) is 0 Å². The second-order valence-electron chi connectivity index (χ2n) is 8.12. The van der Waals surface area contributed by atoms with Gasteiger partial charge < -0.3 is 15.3 Å². The standard InChI is InChI=1S/C25H23ClN6O2/c1-31-23(9-12-28-31)30-25-27-11-8-20(29-25)17-6-7-21-18(14-17)22(33)10-13-32(21)24(34)15-16-4-2-3-5-19(16)26/h2-9,11-12,14,22,33H,10,13,15H2,1H3,(H,27,29,30). The minimum absolute atomic E-state index is 0.0568. The summed E-state index contributed by atoms with van der Waals surface area (Å²) in [6.45, 7) is 0.447. The highest BCUT2D eigenvalue weighted by atomic mass is 35.5. The highest BCUT2D eigenvalue weighted by molar-refractivity contribution is 6.31. The van der Waals surface area contributed by atoms with Gasteiger partial charge in [-0.2, -0.15) is 5.10 Å². The maximum absolute atomic E-state index is 13.1. The Kier molecular flexibility index (Phi) is 6.00. The summed E-state index contributed by atoms with van der Waals surface area (Å²) >= 11 is 6.25. The number of rotatable bonds is 5. The van der Waals surface area contributed by atoms with E-state index in [1.54, 1.807) is 28.0 Å². The lowest BCUT2D eigenvalue weighted by Crippen LogP contribution is -2.37. The van der Waals surface area contributed by atoms with Crippen molar-refractivity contribution in [1.82, 2.24) is 19.7 Å². The van der Waals surface area contributed by atoms with E-state index in [-0.39, 0.29) is 12.3 Å². The van der Waals surface area contributed by atoms with Crippen molar-refractivity contribution in [2.45, 2.75) is 18.9 Å². The van der Waals surface area contributed by atoms with Crippen molar-refractivity contribution in [3.05, 3.63) is 83.1 Å². The normalized spacial score (nSPS) is 15.1. The molecule has 1 unspecified atom stereocenters. The Bertz CT molecular complexity index is 1350. The molecular formula is C25H23ClN6O2. The molecule has 0 radical (unpaired) electrons. The van der Waals surface area contributed by atoms with Crippen LogP contribution in [-0.2, 0) is 18.3 Å². The van der Waals surface area contributed by atoms with Crippen molar-refractivity contribution in [1.29, 1.82) is 0 Å². The second kappa shape index (κ2) is 9.24. The topological polar surface area (TPSA) is 96.2 Å². The van der Waals surface area contributed by atoms with Crippen molar-refractivity contribution >= 4 is 35.0 Å². The number of hydrogen-bond acceptors (Lipinski definition) is 6. The largest absolute Gasteiger partial charge is 0.388 e. The molecular weight excluding hydrogens is 452 g/mol. The fourth-order valence-corrected chi connectivity index (χ4v) is 4.31. The van der Waals surface area contributed by atoms with Gasteiger partial charge in [0.05, 0.1) is 24.4 Å². The van der Waals surface area contributed by atoms with Gasteiger partial charge in [-0.15, -0.1) is 0 Å². The summed E-state index contributed by atoms with van der Waals surface area (Å²) in [5.74, 6) is 1.15. The van der Waals surface area contributed by atoms with E-state index in [0.717, 1.165) is 16.9 Å². The van der Waals surface area contributed by atoms with Crippen LogP contribution < -0.4 is 10.2 Å². The molecule has 0 bridgehead atoms. The van der Waals surface area contributed by atoms with Crippen LogP contribution in [0.3, 0.4) is 0 Å². The zero-order valence-electron chi connectivity index (χ0n) is 18.5. The van der Waals surface area contributed by atoms with Crippen LogP contribution in [0.2, 0.25) is 5.02 Å². The van der Waals surface area contributed by atoms with E-state index in [0.29, 0.717) is 40.9 Å². The first-order valence-corrected chi connectivity index (χ1v) is 11.3. The molecule has 1 amide bonds. The number of carbonyl (C=O) groups is 1. The van der Waals surface area contributed by atoms with Crippen LogP contribution >= 0.6 is 11.6 Å². The number of aryl methyl sites for hydroxylation is 1.